The molecule has 7 heteroatoms. The Hall–Kier alpha value is -4.13. The molecule has 0 unspecified atom stereocenters. The summed E-state index contributed by atoms with van der Waals surface area (Å²) in [5.74, 6) is -0.313. The quantitative estimate of drug-likeness (QED) is 0.431. The van der Waals surface area contributed by atoms with Crippen molar-refractivity contribution in [1.29, 1.82) is 0 Å². The predicted octanol–water partition coefficient (Wildman–Crippen LogP) is 5.91. The lowest BCUT2D eigenvalue weighted by Crippen LogP contribution is -2.51. The zero-order valence-electron chi connectivity index (χ0n) is 21.8. The molecule has 0 radical (unpaired) electrons. The van der Waals surface area contributed by atoms with E-state index in [2.05, 4.69) is 10.6 Å². The molecule has 1 aliphatic heterocycles. The highest BCUT2D eigenvalue weighted by atomic mass is 16.5. The zero-order chi connectivity index (χ0) is 26.6. The number of amides is 3. The van der Waals surface area contributed by atoms with Crippen LogP contribution < -0.4 is 15.4 Å². The molecule has 0 spiro atoms. The van der Waals surface area contributed by atoms with E-state index in [-0.39, 0.29) is 23.8 Å². The summed E-state index contributed by atoms with van der Waals surface area (Å²) in [6.07, 6.45) is 5.15. The maximum Gasteiger partial charge on any atom is 0.254 e. The highest BCUT2D eigenvalue weighted by Crippen LogP contribution is 2.46. The van der Waals surface area contributed by atoms with E-state index in [1.165, 1.54) is 6.92 Å². The van der Waals surface area contributed by atoms with Crippen molar-refractivity contribution in [3.8, 4) is 5.75 Å². The molecule has 2 atom stereocenters. The van der Waals surface area contributed by atoms with E-state index in [0.29, 0.717) is 16.9 Å². The number of carbonyl (C=O) groups is 3. The number of benzene rings is 3. The van der Waals surface area contributed by atoms with Gasteiger partial charge in [-0.25, -0.2) is 0 Å². The maximum atomic E-state index is 14.1. The zero-order valence-corrected chi connectivity index (χ0v) is 21.8. The van der Waals surface area contributed by atoms with Crippen molar-refractivity contribution in [2.45, 2.75) is 57.0 Å². The highest BCUT2D eigenvalue weighted by Gasteiger charge is 2.46. The molecule has 3 aromatic rings. The smallest absolute Gasteiger partial charge is 0.254 e. The van der Waals surface area contributed by atoms with E-state index in [4.69, 9.17) is 4.74 Å². The van der Waals surface area contributed by atoms with Crippen molar-refractivity contribution in [1.82, 2.24) is 4.90 Å². The minimum absolute atomic E-state index is 0.0231. The van der Waals surface area contributed by atoms with Gasteiger partial charge in [0, 0.05) is 29.9 Å². The molecule has 5 rings (SSSR count). The van der Waals surface area contributed by atoms with Gasteiger partial charge in [0.1, 0.15) is 5.75 Å². The molecular formula is C31H33N3O4. The third kappa shape index (κ3) is 5.14. The maximum absolute atomic E-state index is 14.1. The van der Waals surface area contributed by atoms with Crippen LogP contribution in [-0.2, 0) is 9.59 Å². The fourth-order valence-electron chi connectivity index (χ4n) is 5.85. The molecular weight excluding hydrogens is 478 g/mol. The van der Waals surface area contributed by atoms with Gasteiger partial charge >= 0.3 is 0 Å². The second-order valence-electron chi connectivity index (χ2n) is 10.0. The molecule has 3 aromatic carbocycles. The summed E-state index contributed by atoms with van der Waals surface area (Å²) in [4.78, 5) is 41.7. The summed E-state index contributed by atoms with van der Waals surface area (Å²) < 4.78 is 5.38. The number of hydrogen-bond acceptors (Lipinski definition) is 4. The summed E-state index contributed by atoms with van der Waals surface area (Å²) in [6, 6.07) is 21.8. The molecule has 0 aromatic heterocycles. The predicted molar refractivity (Wildman–Crippen MR) is 147 cm³/mol. The Morgan fingerprint density at radius 3 is 2.24 bits per heavy atom. The molecule has 1 fully saturated rings. The van der Waals surface area contributed by atoms with Gasteiger partial charge in [0.25, 0.3) is 5.91 Å². The molecule has 3 amide bonds. The van der Waals surface area contributed by atoms with E-state index >= 15 is 0 Å². The lowest BCUT2D eigenvalue weighted by Gasteiger charge is -2.46. The Morgan fingerprint density at radius 2 is 1.55 bits per heavy atom. The summed E-state index contributed by atoms with van der Waals surface area (Å²) in [5.41, 5.74) is 3.38. The van der Waals surface area contributed by atoms with Crippen LogP contribution in [0.3, 0.4) is 0 Å². The van der Waals surface area contributed by atoms with Gasteiger partial charge in [-0.1, -0.05) is 55.7 Å². The van der Waals surface area contributed by atoms with Crippen molar-refractivity contribution < 1.29 is 19.1 Å². The van der Waals surface area contributed by atoms with E-state index < -0.39 is 12.0 Å². The molecule has 1 heterocycles. The van der Waals surface area contributed by atoms with Gasteiger partial charge < -0.3 is 20.3 Å². The van der Waals surface area contributed by atoms with Crippen LogP contribution in [-0.4, -0.2) is 35.8 Å². The van der Waals surface area contributed by atoms with Crippen molar-refractivity contribution in [2.24, 2.45) is 0 Å². The van der Waals surface area contributed by atoms with Gasteiger partial charge in [-0.2, -0.15) is 0 Å². The highest BCUT2D eigenvalue weighted by molar-refractivity contribution is 6.04. The summed E-state index contributed by atoms with van der Waals surface area (Å²) >= 11 is 0. The first-order valence-corrected chi connectivity index (χ1v) is 13.2. The molecule has 196 valence electrons. The molecule has 2 aliphatic rings. The molecule has 0 saturated heterocycles. The van der Waals surface area contributed by atoms with E-state index in [0.717, 1.165) is 49.0 Å². The molecule has 0 bridgehead atoms. The van der Waals surface area contributed by atoms with Crippen molar-refractivity contribution in [3.05, 3.63) is 89.5 Å². The van der Waals surface area contributed by atoms with Crippen molar-refractivity contribution in [2.75, 3.05) is 17.7 Å². The van der Waals surface area contributed by atoms with Gasteiger partial charge in [0.15, 0.2) is 0 Å². The Bertz CT molecular complexity index is 1330. The third-order valence-corrected chi connectivity index (χ3v) is 7.53. The Balaban J connectivity index is 1.59. The minimum Gasteiger partial charge on any atom is -0.497 e. The SMILES string of the molecule is COc1ccc([C@@H]2[C@H](C(=O)Nc3cccc(NC(C)=O)c3)c3ccccc3C(=O)N2C2CCCCC2)cc1. The number of carbonyl (C=O) groups excluding carboxylic acids is 3. The number of methoxy groups -OCH3 is 1. The van der Waals surface area contributed by atoms with Crippen LogP contribution in [0, 0.1) is 0 Å². The Kier molecular flexibility index (Phi) is 7.45. The number of nitrogens with zero attached hydrogens (tertiary/aromatic N) is 1. The van der Waals surface area contributed by atoms with Gasteiger partial charge in [-0.15, -0.1) is 0 Å². The molecule has 1 saturated carbocycles. The fraction of sp³-hybridized carbons (Fsp3) is 0.323. The van der Waals surface area contributed by atoms with Crippen LogP contribution >= 0.6 is 0 Å². The van der Waals surface area contributed by atoms with Crippen LogP contribution in [0.4, 0.5) is 11.4 Å². The van der Waals surface area contributed by atoms with Crippen LogP contribution in [0.1, 0.15) is 72.5 Å². The van der Waals surface area contributed by atoms with Crippen molar-refractivity contribution >= 4 is 29.1 Å². The van der Waals surface area contributed by atoms with E-state index in [9.17, 15) is 14.4 Å². The summed E-state index contributed by atoms with van der Waals surface area (Å²) in [7, 11) is 1.62. The topological polar surface area (TPSA) is 87.7 Å². The molecule has 2 N–H and O–H groups in total. The largest absolute Gasteiger partial charge is 0.497 e. The van der Waals surface area contributed by atoms with Crippen LogP contribution in [0.2, 0.25) is 0 Å². The number of ether oxygens (including phenoxy) is 1. The standard InChI is InChI=1S/C31H33N3O4/c1-20(35)32-22-9-8-10-23(19-22)33-30(36)28-26-13-6-7-14-27(26)31(37)34(24-11-4-3-5-12-24)29(28)21-15-17-25(38-2)18-16-21/h6-10,13-19,24,28-29H,3-5,11-12H2,1-2H3,(H,32,35)(H,33,36)/t28-,29-/m1/s1. The molecule has 1 aliphatic carbocycles. The number of nitrogens with one attached hydrogen (secondary N) is 2. The molecule has 7 nitrogen and oxygen atoms in total. The van der Waals surface area contributed by atoms with E-state index in [1.54, 1.807) is 31.4 Å². The van der Waals surface area contributed by atoms with Gasteiger partial charge in [0.05, 0.1) is 19.1 Å². The van der Waals surface area contributed by atoms with Crippen molar-refractivity contribution in [3.63, 3.8) is 0 Å². The van der Waals surface area contributed by atoms with Gasteiger partial charge in [-0.3, -0.25) is 14.4 Å². The average molecular weight is 512 g/mol. The lowest BCUT2D eigenvalue weighted by atomic mass is 9.77. The number of anilines is 2. The fourth-order valence-corrected chi connectivity index (χ4v) is 5.85. The summed E-state index contributed by atoms with van der Waals surface area (Å²) in [6.45, 7) is 1.44. The summed E-state index contributed by atoms with van der Waals surface area (Å²) in [5, 5.41) is 5.83. The third-order valence-electron chi connectivity index (χ3n) is 7.53. The number of hydrogen-bond donors (Lipinski definition) is 2. The second kappa shape index (κ2) is 11.1. The number of rotatable bonds is 6. The van der Waals surface area contributed by atoms with Gasteiger partial charge in [0.2, 0.25) is 11.8 Å². The minimum atomic E-state index is -0.622. The second-order valence-corrected chi connectivity index (χ2v) is 10.0. The average Bonchev–Trinajstić information content (AvgIpc) is 2.93. The van der Waals surface area contributed by atoms with E-state index in [1.807, 2.05) is 53.4 Å². The molecule has 38 heavy (non-hydrogen) atoms. The normalized spacial score (nSPS) is 19.4. The first-order chi connectivity index (χ1) is 18.5. The first kappa shape index (κ1) is 25.5. The lowest BCUT2D eigenvalue weighted by molar-refractivity contribution is -0.119. The number of fused-ring (bicyclic) bond motifs is 1. The van der Waals surface area contributed by atoms with Crippen LogP contribution in [0.15, 0.2) is 72.8 Å². The first-order valence-electron chi connectivity index (χ1n) is 13.2. The van der Waals surface area contributed by atoms with Gasteiger partial charge in [-0.05, 0) is 60.4 Å². The Labute approximate surface area is 223 Å². The Morgan fingerprint density at radius 1 is 0.868 bits per heavy atom. The van der Waals surface area contributed by atoms with Crippen LogP contribution in [0.25, 0.3) is 0 Å². The van der Waals surface area contributed by atoms with Crippen LogP contribution in [0.5, 0.6) is 5.75 Å². The monoisotopic (exact) mass is 511 g/mol.